The highest BCUT2D eigenvalue weighted by Gasteiger charge is 2.61. The zero-order chi connectivity index (χ0) is 26.1. The van der Waals surface area contributed by atoms with E-state index in [9.17, 15) is 9.59 Å². The topological polar surface area (TPSA) is 86.8 Å². The first-order chi connectivity index (χ1) is 18.0. The third-order valence-corrected chi connectivity index (χ3v) is 6.59. The SMILES string of the molecule is CCOc1ccccc1N1C(=O)[C@@H]2[C@@H](ON(c3ccccc3)[C@H]2c2ccc(OC)c(OC)c2OC)C1=O. The van der Waals surface area contributed by atoms with Crippen LogP contribution in [0, 0.1) is 5.92 Å². The molecule has 192 valence electrons. The number of nitrogens with zero attached hydrogens (tertiary/aromatic N) is 2. The highest BCUT2D eigenvalue weighted by Crippen LogP contribution is 2.53. The molecule has 0 N–H and O–H groups in total. The predicted molar refractivity (Wildman–Crippen MR) is 136 cm³/mol. The van der Waals surface area contributed by atoms with Crippen LogP contribution < -0.4 is 28.9 Å². The summed E-state index contributed by atoms with van der Waals surface area (Å²) in [5.41, 5.74) is 1.71. The minimum Gasteiger partial charge on any atom is -0.493 e. The minimum atomic E-state index is -1.04. The van der Waals surface area contributed by atoms with E-state index in [2.05, 4.69) is 0 Å². The van der Waals surface area contributed by atoms with Crippen molar-refractivity contribution in [1.82, 2.24) is 0 Å². The summed E-state index contributed by atoms with van der Waals surface area (Å²) in [6.45, 7) is 2.24. The molecule has 0 aliphatic carbocycles. The first kappa shape index (κ1) is 24.5. The van der Waals surface area contributed by atoms with Gasteiger partial charge in [-0.1, -0.05) is 30.3 Å². The lowest BCUT2D eigenvalue weighted by atomic mass is 9.89. The number of hydroxylamine groups is 1. The van der Waals surface area contributed by atoms with Crippen LogP contribution in [0.5, 0.6) is 23.0 Å². The number of rotatable bonds is 8. The Kier molecular flexibility index (Phi) is 6.62. The molecule has 3 atom stereocenters. The molecule has 9 heteroatoms. The van der Waals surface area contributed by atoms with Gasteiger partial charge in [-0.3, -0.25) is 14.4 Å². The number of anilines is 2. The molecular formula is C28H28N2O7. The van der Waals surface area contributed by atoms with E-state index in [0.29, 0.717) is 46.5 Å². The van der Waals surface area contributed by atoms with Gasteiger partial charge in [0.25, 0.3) is 5.91 Å². The highest BCUT2D eigenvalue weighted by atomic mass is 16.7. The molecule has 0 radical (unpaired) electrons. The molecule has 0 saturated carbocycles. The summed E-state index contributed by atoms with van der Waals surface area (Å²) in [5, 5.41) is 1.61. The summed E-state index contributed by atoms with van der Waals surface area (Å²) in [6, 6.07) is 19.2. The van der Waals surface area contributed by atoms with Crippen LogP contribution in [0.1, 0.15) is 18.5 Å². The van der Waals surface area contributed by atoms with Gasteiger partial charge in [0, 0.05) is 5.56 Å². The number of hydrogen-bond acceptors (Lipinski definition) is 8. The molecule has 5 rings (SSSR count). The van der Waals surface area contributed by atoms with Gasteiger partial charge in [0.2, 0.25) is 11.7 Å². The Morgan fingerprint density at radius 1 is 0.784 bits per heavy atom. The van der Waals surface area contributed by atoms with E-state index in [1.165, 1.54) is 26.2 Å². The van der Waals surface area contributed by atoms with Crippen LogP contribution in [0.15, 0.2) is 66.7 Å². The molecule has 3 aromatic rings. The zero-order valence-electron chi connectivity index (χ0n) is 21.0. The Bertz CT molecular complexity index is 1310. The van der Waals surface area contributed by atoms with Gasteiger partial charge in [0.1, 0.15) is 17.7 Å². The van der Waals surface area contributed by atoms with Gasteiger partial charge in [0.15, 0.2) is 17.6 Å². The Labute approximate surface area is 215 Å². The first-order valence-electron chi connectivity index (χ1n) is 11.9. The largest absolute Gasteiger partial charge is 0.493 e. The second-order valence-electron chi connectivity index (χ2n) is 8.49. The summed E-state index contributed by atoms with van der Waals surface area (Å²) >= 11 is 0. The van der Waals surface area contributed by atoms with E-state index < -0.39 is 24.0 Å². The van der Waals surface area contributed by atoms with Gasteiger partial charge in [-0.05, 0) is 43.3 Å². The van der Waals surface area contributed by atoms with Gasteiger partial charge >= 0.3 is 0 Å². The summed E-state index contributed by atoms with van der Waals surface area (Å²) < 4.78 is 22.5. The van der Waals surface area contributed by atoms with Crippen molar-refractivity contribution in [2.24, 2.45) is 5.92 Å². The number of fused-ring (bicyclic) bond motifs is 1. The lowest BCUT2D eigenvalue weighted by Crippen LogP contribution is -2.37. The number of carbonyl (C=O) groups excluding carboxylic acids is 2. The number of imide groups is 1. The predicted octanol–water partition coefficient (Wildman–Crippen LogP) is 4.16. The Hall–Kier alpha value is -4.24. The smallest absolute Gasteiger partial charge is 0.266 e. The Balaban J connectivity index is 1.66. The van der Waals surface area contributed by atoms with Crippen LogP contribution in [0.2, 0.25) is 0 Å². The molecule has 0 aromatic heterocycles. The van der Waals surface area contributed by atoms with Crippen molar-refractivity contribution in [3.63, 3.8) is 0 Å². The molecule has 37 heavy (non-hydrogen) atoms. The van der Waals surface area contributed by atoms with E-state index >= 15 is 0 Å². The van der Waals surface area contributed by atoms with E-state index in [0.717, 1.165) is 0 Å². The fraction of sp³-hybridized carbons (Fsp3) is 0.286. The number of amides is 2. The lowest BCUT2D eigenvalue weighted by Gasteiger charge is -2.30. The van der Waals surface area contributed by atoms with Crippen LogP contribution >= 0.6 is 0 Å². The third-order valence-electron chi connectivity index (χ3n) is 6.59. The number of carbonyl (C=O) groups is 2. The van der Waals surface area contributed by atoms with Crippen LogP contribution in [0.25, 0.3) is 0 Å². The number of benzene rings is 3. The van der Waals surface area contributed by atoms with Crippen molar-refractivity contribution in [2.75, 3.05) is 37.9 Å². The first-order valence-corrected chi connectivity index (χ1v) is 11.9. The van der Waals surface area contributed by atoms with Crippen molar-refractivity contribution < 1.29 is 33.4 Å². The number of para-hydroxylation sites is 3. The summed E-state index contributed by atoms with van der Waals surface area (Å²) in [5.74, 6) is 0.0133. The fourth-order valence-electron chi connectivity index (χ4n) is 5.04. The Morgan fingerprint density at radius 2 is 1.49 bits per heavy atom. The fourth-order valence-corrected chi connectivity index (χ4v) is 5.04. The number of ether oxygens (including phenoxy) is 4. The minimum absolute atomic E-state index is 0.384. The van der Waals surface area contributed by atoms with E-state index in [4.69, 9.17) is 23.8 Å². The van der Waals surface area contributed by atoms with Crippen molar-refractivity contribution in [1.29, 1.82) is 0 Å². The van der Waals surface area contributed by atoms with Gasteiger partial charge in [-0.2, -0.15) is 0 Å². The van der Waals surface area contributed by atoms with Crippen LogP contribution in [0.4, 0.5) is 11.4 Å². The van der Waals surface area contributed by atoms with Crippen molar-refractivity contribution >= 4 is 23.2 Å². The van der Waals surface area contributed by atoms with E-state index in [1.807, 2.05) is 37.3 Å². The Morgan fingerprint density at radius 3 is 2.16 bits per heavy atom. The molecule has 3 aromatic carbocycles. The van der Waals surface area contributed by atoms with Crippen molar-refractivity contribution in [2.45, 2.75) is 19.1 Å². The quantitative estimate of drug-likeness (QED) is 0.423. The number of methoxy groups -OCH3 is 3. The average Bonchev–Trinajstić information content (AvgIpc) is 3.44. The monoisotopic (exact) mass is 504 g/mol. The highest BCUT2D eigenvalue weighted by molar-refractivity contribution is 6.24. The molecule has 0 bridgehead atoms. The summed E-state index contributed by atoms with van der Waals surface area (Å²) in [6.07, 6.45) is -1.04. The lowest BCUT2D eigenvalue weighted by molar-refractivity contribution is -0.126. The van der Waals surface area contributed by atoms with Gasteiger partial charge in [-0.25, -0.2) is 9.96 Å². The van der Waals surface area contributed by atoms with Gasteiger partial charge in [-0.15, -0.1) is 0 Å². The number of hydrogen-bond donors (Lipinski definition) is 0. The van der Waals surface area contributed by atoms with Crippen molar-refractivity contribution in [3.8, 4) is 23.0 Å². The standard InChI is InChI=1S/C28H28N2O7/c1-5-36-20-14-10-9-13-19(20)29-27(31)22-23(18-15-16-21(33-2)25(35-4)24(18)34-3)30(37-26(22)28(29)32)17-11-7-6-8-12-17/h6-16,22-23,26H,5H2,1-4H3/t22-,23-,26+/m0/s1. The molecule has 9 nitrogen and oxygen atoms in total. The molecule has 0 spiro atoms. The molecule has 2 heterocycles. The molecule has 2 saturated heterocycles. The molecule has 2 fully saturated rings. The summed E-state index contributed by atoms with van der Waals surface area (Å²) in [4.78, 5) is 35.2. The molecule has 2 aliphatic rings. The second-order valence-corrected chi connectivity index (χ2v) is 8.49. The average molecular weight is 505 g/mol. The molecular weight excluding hydrogens is 476 g/mol. The van der Waals surface area contributed by atoms with Crippen LogP contribution in [0.3, 0.4) is 0 Å². The van der Waals surface area contributed by atoms with E-state index in [1.54, 1.807) is 41.5 Å². The normalized spacial score (nSPS) is 20.7. The second kappa shape index (κ2) is 10.0. The maximum Gasteiger partial charge on any atom is 0.266 e. The van der Waals surface area contributed by atoms with Gasteiger partial charge in [0.05, 0.1) is 39.3 Å². The van der Waals surface area contributed by atoms with Crippen LogP contribution in [-0.2, 0) is 14.4 Å². The zero-order valence-corrected chi connectivity index (χ0v) is 21.0. The maximum absolute atomic E-state index is 14.0. The molecule has 0 unspecified atom stereocenters. The third kappa shape index (κ3) is 3.92. The maximum atomic E-state index is 14.0. The van der Waals surface area contributed by atoms with Crippen molar-refractivity contribution in [3.05, 3.63) is 72.3 Å². The molecule has 2 aliphatic heterocycles. The molecule has 2 amide bonds. The van der Waals surface area contributed by atoms with Gasteiger partial charge < -0.3 is 18.9 Å². The van der Waals surface area contributed by atoms with E-state index in [-0.39, 0.29) is 5.91 Å². The van der Waals surface area contributed by atoms with Crippen LogP contribution in [-0.4, -0.2) is 45.9 Å². The summed E-state index contributed by atoms with van der Waals surface area (Å²) in [7, 11) is 4.58.